The monoisotopic (exact) mass is 292 g/mol. The smallest absolute Gasteiger partial charge is 0.253 e. The molecule has 0 saturated carbocycles. The van der Waals surface area contributed by atoms with Crippen LogP contribution in [0.4, 0.5) is 0 Å². The van der Waals surface area contributed by atoms with Gasteiger partial charge in [-0.25, -0.2) is 0 Å². The van der Waals surface area contributed by atoms with Gasteiger partial charge in [0.25, 0.3) is 5.69 Å². The predicted octanol–water partition coefficient (Wildman–Crippen LogP) is -0.423. The van der Waals surface area contributed by atoms with Crippen molar-refractivity contribution >= 4 is 21.7 Å². The maximum Gasteiger partial charge on any atom is 0.253 e. The maximum atomic E-state index is 4.52. The third kappa shape index (κ3) is 1.99. The molecule has 0 aliphatic rings. The Kier molecular flexibility index (Phi) is 3.31. The number of halogens is 1. The third-order valence-electron chi connectivity index (χ3n) is 2.23. The van der Waals surface area contributed by atoms with E-state index in [1.165, 1.54) is 4.70 Å². The zero-order valence-electron chi connectivity index (χ0n) is 8.38. The summed E-state index contributed by atoms with van der Waals surface area (Å²) >= 11 is 1.66. The van der Waals surface area contributed by atoms with E-state index < -0.39 is 0 Å². The van der Waals surface area contributed by atoms with Crippen LogP contribution in [0.1, 0.15) is 0 Å². The summed E-state index contributed by atoms with van der Waals surface area (Å²) in [7, 11) is 0. The molecule has 0 atom stereocenters. The minimum absolute atomic E-state index is 0. The highest BCUT2D eigenvalue weighted by atomic mass is 79.9. The first-order chi connectivity index (χ1) is 7.43. The van der Waals surface area contributed by atoms with Crippen LogP contribution in [-0.4, -0.2) is 5.10 Å². The average Bonchev–Trinajstić information content (AvgIpc) is 2.74. The number of para-hydroxylation sites is 1. The van der Waals surface area contributed by atoms with Crippen molar-refractivity contribution in [1.29, 1.82) is 0 Å². The molecule has 1 aromatic heterocycles. The highest BCUT2D eigenvalue weighted by Gasteiger charge is 2.13. The SMILES string of the molecule is [Br-].c1ccc(-[n+]2nc3ccccc3s2)cc1. The number of aromatic nitrogens is 2. The van der Waals surface area contributed by atoms with Gasteiger partial charge >= 0.3 is 0 Å². The quantitative estimate of drug-likeness (QED) is 0.557. The number of benzene rings is 2. The van der Waals surface area contributed by atoms with Crippen molar-refractivity contribution < 1.29 is 21.1 Å². The van der Waals surface area contributed by atoms with Crippen molar-refractivity contribution in [3.8, 4) is 5.69 Å². The van der Waals surface area contributed by atoms with Crippen LogP contribution >= 0.6 is 11.5 Å². The number of nitrogens with zero attached hydrogens (tertiary/aromatic N) is 2. The van der Waals surface area contributed by atoms with E-state index in [1.807, 2.05) is 40.5 Å². The van der Waals surface area contributed by atoms with Gasteiger partial charge in [-0.2, -0.15) is 0 Å². The van der Waals surface area contributed by atoms with Gasteiger partial charge < -0.3 is 17.0 Å². The van der Waals surface area contributed by atoms with Crippen LogP contribution in [0.25, 0.3) is 15.9 Å². The van der Waals surface area contributed by atoms with E-state index in [0.29, 0.717) is 0 Å². The molecule has 0 unspecified atom stereocenters. The molecule has 2 aromatic carbocycles. The molecule has 0 N–H and O–H groups in total. The number of fused-ring (bicyclic) bond motifs is 1. The molecular formula is C12H9BrN2S. The van der Waals surface area contributed by atoms with Gasteiger partial charge in [0.1, 0.15) is 4.70 Å². The lowest BCUT2D eigenvalue weighted by Crippen LogP contribution is -3.00. The van der Waals surface area contributed by atoms with Crippen molar-refractivity contribution in [3.63, 3.8) is 0 Å². The minimum Gasteiger partial charge on any atom is -1.00 e. The maximum absolute atomic E-state index is 4.52. The molecule has 0 amide bonds. The fourth-order valence-corrected chi connectivity index (χ4v) is 2.38. The summed E-state index contributed by atoms with van der Waals surface area (Å²) in [6, 6.07) is 18.3. The van der Waals surface area contributed by atoms with Crippen molar-refractivity contribution in [2.45, 2.75) is 0 Å². The van der Waals surface area contributed by atoms with E-state index in [1.54, 1.807) is 11.5 Å². The van der Waals surface area contributed by atoms with Crippen LogP contribution in [0, 0.1) is 0 Å². The molecule has 0 aliphatic carbocycles. The fraction of sp³-hybridized carbons (Fsp3) is 0. The molecule has 0 spiro atoms. The average molecular weight is 293 g/mol. The van der Waals surface area contributed by atoms with E-state index in [0.717, 1.165) is 11.2 Å². The van der Waals surface area contributed by atoms with Crippen LogP contribution in [0.2, 0.25) is 0 Å². The molecule has 3 rings (SSSR count). The van der Waals surface area contributed by atoms with Gasteiger partial charge in [0.05, 0.1) is 0 Å². The molecular weight excluding hydrogens is 284 g/mol. The Morgan fingerprint density at radius 1 is 0.875 bits per heavy atom. The van der Waals surface area contributed by atoms with Crippen molar-refractivity contribution in [1.82, 2.24) is 5.10 Å². The van der Waals surface area contributed by atoms with E-state index in [2.05, 4.69) is 23.3 Å². The molecule has 16 heavy (non-hydrogen) atoms. The lowest BCUT2D eigenvalue weighted by molar-refractivity contribution is -0.585. The molecule has 2 nitrogen and oxygen atoms in total. The summed E-state index contributed by atoms with van der Waals surface area (Å²) in [6.07, 6.45) is 0. The Hall–Kier alpha value is -1.26. The molecule has 3 aromatic rings. The molecule has 0 saturated heterocycles. The third-order valence-corrected chi connectivity index (χ3v) is 3.23. The Balaban J connectivity index is 0.000000963. The summed E-state index contributed by atoms with van der Waals surface area (Å²) in [5, 5.41) is 4.52. The van der Waals surface area contributed by atoms with Gasteiger partial charge in [-0.15, -0.1) is 0 Å². The van der Waals surface area contributed by atoms with Crippen molar-refractivity contribution in [3.05, 3.63) is 54.6 Å². The Bertz CT molecular complexity index is 559. The zero-order valence-corrected chi connectivity index (χ0v) is 10.8. The number of hydrogen-bond acceptors (Lipinski definition) is 2. The van der Waals surface area contributed by atoms with Crippen LogP contribution in [0.5, 0.6) is 0 Å². The lowest BCUT2D eigenvalue weighted by Gasteiger charge is -1.83. The topological polar surface area (TPSA) is 16.8 Å². The Morgan fingerprint density at radius 3 is 2.31 bits per heavy atom. The van der Waals surface area contributed by atoms with E-state index in [9.17, 15) is 0 Å². The van der Waals surface area contributed by atoms with E-state index >= 15 is 0 Å². The van der Waals surface area contributed by atoms with Crippen molar-refractivity contribution in [2.75, 3.05) is 0 Å². The Morgan fingerprint density at radius 2 is 1.56 bits per heavy atom. The first kappa shape index (κ1) is 11.2. The molecule has 4 heteroatoms. The van der Waals surface area contributed by atoms with Gasteiger partial charge in [0.2, 0.25) is 0 Å². The predicted molar refractivity (Wildman–Crippen MR) is 61.2 cm³/mol. The van der Waals surface area contributed by atoms with Crippen molar-refractivity contribution in [2.24, 2.45) is 0 Å². The second-order valence-electron chi connectivity index (χ2n) is 3.27. The van der Waals surface area contributed by atoms with E-state index in [-0.39, 0.29) is 17.0 Å². The highest BCUT2D eigenvalue weighted by molar-refractivity contribution is 7.09. The fourth-order valence-electron chi connectivity index (χ4n) is 1.49. The van der Waals surface area contributed by atoms with E-state index in [4.69, 9.17) is 0 Å². The summed E-state index contributed by atoms with van der Waals surface area (Å²) in [4.78, 5) is 0. The summed E-state index contributed by atoms with van der Waals surface area (Å²) in [6.45, 7) is 0. The van der Waals surface area contributed by atoms with Gasteiger partial charge in [-0.05, 0) is 12.1 Å². The standard InChI is InChI=1S/C12H9N2S.BrH/c1-2-6-10(7-3-1)14-13-11-8-4-5-9-12(11)15-14;/h1-9H;1H/q+1;/p-1. The lowest BCUT2D eigenvalue weighted by atomic mass is 10.3. The molecule has 1 heterocycles. The van der Waals surface area contributed by atoms with Gasteiger partial charge in [-0.3, -0.25) is 0 Å². The molecule has 0 aliphatic heterocycles. The second-order valence-corrected chi connectivity index (χ2v) is 4.24. The number of rotatable bonds is 1. The molecule has 0 radical (unpaired) electrons. The second kappa shape index (κ2) is 4.72. The number of hydrogen-bond donors (Lipinski definition) is 0. The van der Waals surface area contributed by atoms with Crippen LogP contribution in [-0.2, 0) is 0 Å². The summed E-state index contributed by atoms with van der Waals surface area (Å²) < 4.78 is 3.16. The normalized spacial score (nSPS) is 10.0. The molecule has 0 bridgehead atoms. The Labute approximate surface area is 108 Å². The zero-order chi connectivity index (χ0) is 10.1. The first-order valence-corrected chi connectivity index (χ1v) is 5.55. The van der Waals surface area contributed by atoms with Crippen LogP contribution in [0.15, 0.2) is 54.6 Å². The van der Waals surface area contributed by atoms with Crippen LogP contribution < -0.4 is 21.1 Å². The summed E-state index contributed by atoms with van der Waals surface area (Å²) in [5.41, 5.74) is 2.16. The molecule has 80 valence electrons. The molecule has 0 fully saturated rings. The van der Waals surface area contributed by atoms with Gasteiger partial charge in [0.15, 0.2) is 17.0 Å². The first-order valence-electron chi connectivity index (χ1n) is 4.77. The highest BCUT2D eigenvalue weighted by Crippen LogP contribution is 2.14. The van der Waals surface area contributed by atoms with Gasteiger partial charge in [-0.1, -0.05) is 30.3 Å². The largest absolute Gasteiger partial charge is 1.00 e. The summed E-state index contributed by atoms with van der Waals surface area (Å²) in [5.74, 6) is 0. The van der Waals surface area contributed by atoms with Gasteiger partial charge in [0, 0.05) is 21.3 Å². The minimum atomic E-state index is 0. The van der Waals surface area contributed by atoms with Crippen LogP contribution in [0.3, 0.4) is 0 Å².